The Morgan fingerprint density at radius 3 is 2.57 bits per heavy atom. The maximum Gasteiger partial charge on any atom is 0.416 e. The molecule has 2 aromatic heterocycles. The molecule has 0 radical (unpaired) electrons. The molecule has 3 rings (SSSR count). The minimum Gasteiger partial charge on any atom is -0.322 e. The van der Waals surface area contributed by atoms with Crippen molar-refractivity contribution in [2.24, 2.45) is 0 Å². The first-order valence-electron chi connectivity index (χ1n) is 6.11. The number of aromatic amines is 1. The average Bonchev–Trinajstić information content (AvgIpc) is 2.45. The van der Waals surface area contributed by atoms with Crippen molar-refractivity contribution in [3.63, 3.8) is 0 Å². The molecule has 21 heavy (non-hydrogen) atoms. The lowest BCUT2D eigenvalue weighted by molar-refractivity contribution is -0.137. The van der Waals surface area contributed by atoms with Crippen molar-refractivity contribution in [2.75, 3.05) is 0 Å². The number of hydrogen-bond acceptors (Lipinski definition) is 2. The van der Waals surface area contributed by atoms with E-state index >= 15 is 0 Å². The fraction of sp³-hybridized carbons (Fsp3) is 0.0667. The molecule has 1 N–H and O–H groups in total. The van der Waals surface area contributed by atoms with Gasteiger partial charge in [-0.05, 0) is 12.1 Å². The van der Waals surface area contributed by atoms with Crippen LogP contribution >= 0.6 is 0 Å². The number of rotatable bonds is 1. The average molecular weight is 290 g/mol. The van der Waals surface area contributed by atoms with E-state index in [1.807, 2.05) is 0 Å². The Hall–Kier alpha value is -2.63. The fourth-order valence-corrected chi connectivity index (χ4v) is 2.17. The molecule has 0 unspecified atom stereocenters. The van der Waals surface area contributed by atoms with Gasteiger partial charge in [-0.3, -0.25) is 9.78 Å². The van der Waals surface area contributed by atoms with Crippen LogP contribution in [0.3, 0.4) is 0 Å². The van der Waals surface area contributed by atoms with E-state index in [0.29, 0.717) is 17.1 Å². The lowest BCUT2D eigenvalue weighted by Crippen LogP contribution is -2.13. The molecule has 2 heterocycles. The van der Waals surface area contributed by atoms with Crippen LogP contribution < -0.4 is 5.56 Å². The third-order valence-electron chi connectivity index (χ3n) is 3.09. The highest BCUT2D eigenvalue weighted by atomic mass is 19.4. The molecular formula is C15H9F3N2O. The van der Waals surface area contributed by atoms with Crippen LogP contribution in [0.4, 0.5) is 13.2 Å². The fourth-order valence-electron chi connectivity index (χ4n) is 2.17. The van der Waals surface area contributed by atoms with Gasteiger partial charge in [0.2, 0.25) is 5.56 Å². The van der Waals surface area contributed by atoms with Gasteiger partial charge >= 0.3 is 6.18 Å². The molecule has 0 aliphatic heterocycles. The Balaban J connectivity index is 2.29. The number of H-pyrrole nitrogens is 1. The van der Waals surface area contributed by atoms with E-state index < -0.39 is 17.3 Å². The maximum absolute atomic E-state index is 12.8. The molecule has 0 aliphatic carbocycles. The lowest BCUT2D eigenvalue weighted by Gasteiger charge is -2.10. The van der Waals surface area contributed by atoms with Crippen LogP contribution in [0.2, 0.25) is 0 Å². The van der Waals surface area contributed by atoms with Gasteiger partial charge in [0.25, 0.3) is 0 Å². The van der Waals surface area contributed by atoms with E-state index in [4.69, 9.17) is 0 Å². The zero-order valence-electron chi connectivity index (χ0n) is 10.6. The number of pyridine rings is 2. The van der Waals surface area contributed by atoms with Crippen LogP contribution in [0.5, 0.6) is 0 Å². The van der Waals surface area contributed by atoms with E-state index in [2.05, 4.69) is 9.97 Å². The molecule has 0 saturated carbocycles. The van der Waals surface area contributed by atoms with E-state index in [-0.39, 0.29) is 5.69 Å². The number of halogens is 3. The van der Waals surface area contributed by atoms with Gasteiger partial charge < -0.3 is 4.98 Å². The first-order chi connectivity index (χ1) is 9.95. The molecule has 0 spiro atoms. The number of aromatic nitrogens is 2. The number of benzene rings is 1. The molecular weight excluding hydrogens is 281 g/mol. The first-order valence-corrected chi connectivity index (χ1v) is 6.11. The smallest absolute Gasteiger partial charge is 0.322 e. The quantitative estimate of drug-likeness (QED) is 0.744. The summed E-state index contributed by atoms with van der Waals surface area (Å²) in [5.41, 5.74) is -0.688. The SMILES string of the molecule is O=c1cc(C(F)(F)F)cc(-c2cccc3cccnc23)[nH]1. The summed E-state index contributed by atoms with van der Waals surface area (Å²) in [7, 11) is 0. The molecule has 0 atom stereocenters. The summed E-state index contributed by atoms with van der Waals surface area (Å²) in [4.78, 5) is 18.1. The number of fused-ring (bicyclic) bond motifs is 1. The topological polar surface area (TPSA) is 45.8 Å². The van der Waals surface area contributed by atoms with Gasteiger partial charge in [-0.25, -0.2) is 0 Å². The molecule has 6 heteroatoms. The summed E-state index contributed by atoms with van der Waals surface area (Å²) in [5, 5.41) is 0.785. The summed E-state index contributed by atoms with van der Waals surface area (Å²) in [5.74, 6) is 0. The minimum atomic E-state index is -4.57. The molecule has 3 aromatic rings. The summed E-state index contributed by atoms with van der Waals surface area (Å²) in [6.07, 6.45) is -3.02. The molecule has 0 fully saturated rings. The van der Waals surface area contributed by atoms with Crippen molar-refractivity contribution in [3.05, 3.63) is 64.6 Å². The highest BCUT2D eigenvalue weighted by Crippen LogP contribution is 2.31. The molecule has 0 bridgehead atoms. The predicted octanol–water partition coefficient (Wildman–Crippen LogP) is 3.61. The van der Waals surface area contributed by atoms with Crippen molar-refractivity contribution in [1.29, 1.82) is 0 Å². The van der Waals surface area contributed by atoms with Gasteiger partial charge in [-0.1, -0.05) is 24.3 Å². The highest BCUT2D eigenvalue weighted by molar-refractivity contribution is 5.92. The molecule has 0 amide bonds. The van der Waals surface area contributed by atoms with E-state index in [9.17, 15) is 18.0 Å². The zero-order chi connectivity index (χ0) is 15.0. The third kappa shape index (κ3) is 2.52. The van der Waals surface area contributed by atoms with Gasteiger partial charge in [0.15, 0.2) is 0 Å². The molecule has 0 aliphatic rings. The van der Waals surface area contributed by atoms with E-state index in [1.165, 1.54) is 0 Å². The second kappa shape index (κ2) is 4.73. The summed E-state index contributed by atoms with van der Waals surface area (Å²) < 4.78 is 38.4. The van der Waals surface area contributed by atoms with Crippen molar-refractivity contribution < 1.29 is 13.2 Å². The van der Waals surface area contributed by atoms with Crippen LogP contribution in [0.15, 0.2) is 53.5 Å². The van der Waals surface area contributed by atoms with Crippen LogP contribution in [0, 0.1) is 0 Å². The Morgan fingerprint density at radius 2 is 1.81 bits per heavy atom. The summed E-state index contributed by atoms with van der Waals surface area (Å²) in [6, 6.07) is 10.1. The number of alkyl halides is 3. The van der Waals surface area contributed by atoms with Crippen molar-refractivity contribution >= 4 is 10.9 Å². The van der Waals surface area contributed by atoms with Crippen molar-refractivity contribution in [1.82, 2.24) is 9.97 Å². The second-order valence-corrected chi connectivity index (χ2v) is 4.53. The molecule has 106 valence electrons. The predicted molar refractivity (Wildman–Crippen MR) is 72.8 cm³/mol. The van der Waals surface area contributed by atoms with Gasteiger partial charge in [-0.2, -0.15) is 13.2 Å². The van der Waals surface area contributed by atoms with Crippen LogP contribution in [-0.2, 0) is 6.18 Å². The van der Waals surface area contributed by atoms with Crippen molar-refractivity contribution in [3.8, 4) is 11.3 Å². The van der Waals surface area contributed by atoms with Crippen LogP contribution in [0.1, 0.15) is 5.56 Å². The third-order valence-corrected chi connectivity index (χ3v) is 3.09. The Kier molecular flexibility index (Phi) is 3.01. The van der Waals surface area contributed by atoms with Gasteiger partial charge in [-0.15, -0.1) is 0 Å². The maximum atomic E-state index is 12.8. The molecule has 3 nitrogen and oxygen atoms in total. The summed E-state index contributed by atoms with van der Waals surface area (Å²) in [6.45, 7) is 0. The largest absolute Gasteiger partial charge is 0.416 e. The standard InChI is InChI=1S/C15H9F3N2O/c16-15(17,18)10-7-12(20-13(21)8-10)11-5-1-3-9-4-2-6-19-14(9)11/h1-8H,(H,20,21). The molecule has 0 saturated heterocycles. The highest BCUT2D eigenvalue weighted by Gasteiger charge is 2.31. The first kappa shape index (κ1) is 13.4. The number of nitrogens with zero attached hydrogens (tertiary/aromatic N) is 1. The van der Waals surface area contributed by atoms with Crippen LogP contribution in [0.25, 0.3) is 22.2 Å². The number of nitrogens with one attached hydrogen (secondary N) is 1. The van der Waals surface area contributed by atoms with Crippen LogP contribution in [-0.4, -0.2) is 9.97 Å². The summed E-state index contributed by atoms with van der Waals surface area (Å²) >= 11 is 0. The van der Waals surface area contributed by atoms with Gasteiger partial charge in [0, 0.05) is 23.2 Å². The van der Waals surface area contributed by atoms with Gasteiger partial charge in [0.1, 0.15) is 0 Å². The monoisotopic (exact) mass is 290 g/mol. The minimum absolute atomic E-state index is 0.0964. The second-order valence-electron chi connectivity index (χ2n) is 4.53. The Bertz CT molecular complexity index is 863. The normalized spacial score (nSPS) is 11.8. The van der Waals surface area contributed by atoms with Crippen molar-refractivity contribution in [2.45, 2.75) is 6.18 Å². The lowest BCUT2D eigenvalue weighted by atomic mass is 10.0. The Morgan fingerprint density at radius 1 is 1.05 bits per heavy atom. The zero-order valence-corrected chi connectivity index (χ0v) is 10.6. The number of para-hydroxylation sites is 1. The molecule has 1 aromatic carbocycles. The van der Waals surface area contributed by atoms with E-state index in [1.54, 1.807) is 36.5 Å². The number of hydrogen-bond donors (Lipinski definition) is 1. The Labute approximate surface area is 117 Å². The van der Waals surface area contributed by atoms with Gasteiger partial charge in [0.05, 0.1) is 16.8 Å². The van der Waals surface area contributed by atoms with E-state index in [0.717, 1.165) is 11.5 Å².